The van der Waals surface area contributed by atoms with Gasteiger partial charge in [-0.3, -0.25) is 4.79 Å². The fourth-order valence-electron chi connectivity index (χ4n) is 2.95. The van der Waals surface area contributed by atoms with Crippen molar-refractivity contribution in [2.24, 2.45) is 0 Å². The fraction of sp³-hybridized carbons (Fsp3) is 0.208. The van der Waals surface area contributed by atoms with Crippen LogP contribution in [-0.4, -0.2) is 31.4 Å². The van der Waals surface area contributed by atoms with Crippen LogP contribution >= 0.6 is 11.6 Å². The van der Waals surface area contributed by atoms with Crippen molar-refractivity contribution in [3.8, 4) is 28.4 Å². The molecule has 0 fully saturated rings. The molecule has 0 aromatic heterocycles. The molecule has 0 atom stereocenters. The van der Waals surface area contributed by atoms with Crippen LogP contribution in [-0.2, 0) is 11.2 Å². The highest BCUT2D eigenvalue weighted by molar-refractivity contribution is 6.31. The highest BCUT2D eigenvalue weighted by Crippen LogP contribution is 2.34. The molecule has 0 amide bonds. The Morgan fingerprint density at radius 1 is 0.933 bits per heavy atom. The molecular formula is C24H23ClO5. The maximum absolute atomic E-state index is 10.7. The molecule has 30 heavy (non-hydrogen) atoms. The molecule has 3 rings (SSSR count). The van der Waals surface area contributed by atoms with Crippen molar-refractivity contribution in [1.29, 1.82) is 0 Å². The third kappa shape index (κ3) is 6.16. The summed E-state index contributed by atoms with van der Waals surface area (Å²) >= 11 is 6.19. The van der Waals surface area contributed by atoms with Crippen molar-refractivity contribution < 1.29 is 24.1 Å². The van der Waals surface area contributed by atoms with E-state index in [2.05, 4.69) is 0 Å². The zero-order valence-corrected chi connectivity index (χ0v) is 17.4. The van der Waals surface area contributed by atoms with Gasteiger partial charge in [0, 0.05) is 17.0 Å². The summed E-state index contributed by atoms with van der Waals surface area (Å²) in [6, 6.07) is 20.3. The van der Waals surface area contributed by atoms with Gasteiger partial charge in [0.05, 0.1) is 26.7 Å². The van der Waals surface area contributed by atoms with E-state index in [1.54, 1.807) is 37.4 Å². The Hall–Kier alpha value is -3.18. The van der Waals surface area contributed by atoms with Gasteiger partial charge in [-0.15, -0.1) is 0 Å². The van der Waals surface area contributed by atoms with Crippen molar-refractivity contribution in [2.75, 3.05) is 20.3 Å². The predicted molar refractivity (Wildman–Crippen MR) is 117 cm³/mol. The number of carbonyl (C=O) groups is 1. The van der Waals surface area contributed by atoms with Crippen LogP contribution in [0.25, 0.3) is 11.1 Å². The first-order chi connectivity index (χ1) is 14.5. The second-order valence-electron chi connectivity index (χ2n) is 6.64. The third-order valence-electron chi connectivity index (χ3n) is 4.42. The summed E-state index contributed by atoms with van der Waals surface area (Å²) in [6.07, 6.45) is 0.696. The molecule has 3 aromatic rings. The molecule has 5 nitrogen and oxygen atoms in total. The van der Waals surface area contributed by atoms with Crippen molar-refractivity contribution in [2.45, 2.75) is 12.8 Å². The van der Waals surface area contributed by atoms with Gasteiger partial charge < -0.3 is 19.3 Å². The van der Waals surface area contributed by atoms with E-state index < -0.39 is 5.97 Å². The average molecular weight is 427 g/mol. The van der Waals surface area contributed by atoms with Gasteiger partial charge in [-0.25, -0.2) is 0 Å². The summed E-state index contributed by atoms with van der Waals surface area (Å²) in [5.41, 5.74) is 2.60. The summed E-state index contributed by atoms with van der Waals surface area (Å²) in [7, 11) is 1.63. The molecule has 0 saturated heterocycles. The molecule has 0 unspecified atom stereocenters. The van der Waals surface area contributed by atoms with E-state index in [0.29, 0.717) is 30.4 Å². The van der Waals surface area contributed by atoms with E-state index in [-0.39, 0.29) is 6.42 Å². The Bertz CT molecular complexity index is 985. The maximum atomic E-state index is 10.7. The Kier molecular flexibility index (Phi) is 7.57. The van der Waals surface area contributed by atoms with Gasteiger partial charge in [-0.1, -0.05) is 35.9 Å². The van der Waals surface area contributed by atoms with E-state index >= 15 is 0 Å². The van der Waals surface area contributed by atoms with Crippen LogP contribution in [0.3, 0.4) is 0 Å². The summed E-state index contributed by atoms with van der Waals surface area (Å²) in [5.74, 6) is 1.36. The lowest BCUT2D eigenvalue weighted by Crippen LogP contribution is -2.06. The molecule has 156 valence electrons. The number of halogens is 1. The van der Waals surface area contributed by atoms with E-state index in [1.807, 2.05) is 36.4 Å². The second-order valence-corrected chi connectivity index (χ2v) is 7.07. The number of carboxylic acids is 1. The summed E-state index contributed by atoms with van der Waals surface area (Å²) in [4.78, 5) is 10.7. The SMILES string of the molecule is COc1cccc(-c2cc(Cl)ccc2OCCCOc2ccc(CC(=O)O)cc2)c1. The molecule has 0 aliphatic heterocycles. The third-order valence-corrected chi connectivity index (χ3v) is 4.65. The second kappa shape index (κ2) is 10.6. The lowest BCUT2D eigenvalue weighted by molar-refractivity contribution is -0.136. The predicted octanol–water partition coefficient (Wildman–Crippen LogP) is 5.49. The van der Waals surface area contributed by atoms with Gasteiger partial charge in [0.25, 0.3) is 0 Å². The molecule has 0 spiro atoms. The Balaban J connectivity index is 1.54. The molecule has 1 N–H and O–H groups in total. The van der Waals surface area contributed by atoms with Crippen molar-refractivity contribution in [1.82, 2.24) is 0 Å². The number of hydrogen-bond acceptors (Lipinski definition) is 4. The van der Waals surface area contributed by atoms with Crippen LogP contribution in [0.2, 0.25) is 5.02 Å². The molecule has 3 aromatic carbocycles. The molecule has 0 saturated carbocycles. The number of rotatable bonds is 10. The van der Waals surface area contributed by atoms with Gasteiger partial charge in [-0.05, 0) is 53.6 Å². The lowest BCUT2D eigenvalue weighted by Gasteiger charge is -2.13. The standard InChI is InChI=1S/C24H23ClO5/c1-28-21-5-2-4-18(15-21)22-16-19(25)8-11-23(22)30-13-3-12-29-20-9-6-17(7-10-20)14-24(26)27/h2,4-11,15-16H,3,12-14H2,1H3,(H,26,27). The number of ether oxygens (including phenoxy) is 3. The van der Waals surface area contributed by atoms with E-state index in [0.717, 1.165) is 28.2 Å². The summed E-state index contributed by atoms with van der Waals surface area (Å²) < 4.78 is 17.0. The van der Waals surface area contributed by atoms with Gasteiger partial charge >= 0.3 is 5.97 Å². The zero-order chi connectivity index (χ0) is 21.3. The average Bonchev–Trinajstić information content (AvgIpc) is 2.75. The molecule has 6 heteroatoms. The minimum atomic E-state index is -0.851. The largest absolute Gasteiger partial charge is 0.497 e. The number of benzene rings is 3. The number of hydrogen-bond donors (Lipinski definition) is 1. The number of carboxylic acid groups (broad SMARTS) is 1. The fourth-order valence-corrected chi connectivity index (χ4v) is 3.13. The Morgan fingerprint density at radius 3 is 2.43 bits per heavy atom. The van der Waals surface area contributed by atoms with Gasteiger partial charge in [0.1, 0.15) is 17.2 Å². The Morgan fingerprint density at radius 2 is 1.70 bits per heavy atom. The van der Waals surface area contributed by atoms with E-state index in [9.17, 15) is 4.79 Å². The molecule has 0 aliphatic rings. The minimum Gasteiger partial charge on any atom is -0.497 e. The topological polar surface area (TPSA) is 65.0 Å². The Labute approximate surface area is 180 Å². The smallest absolute Gasteiger partial charge is 0.307 e. The van der Waals surface area contributed by atoms with Crippen LogP contribution in [0.15, 0.2) is 66.7 Å². The van der Waals surface area contributed by atoms with E-state index in [4.69, 9.17) is 30.9 Å². The van der Waals surface area contributed by atoms with Crippen LogP contribution in [0.5, 0.6) is 17.2 Å². The van der Waals surface area contributed by atoms with Crippen molar-refractivity contribution >= 4 is 17.6 Å². The van der Waals surface area contributed by atoms with Crippen molar-refractivity contribution in [3.63, 3.8) is 0 Å². The minimum absolute atomic E-state index is 0.00480. The zero-order valence-electron chi connectivity index (χ0n) is 16.6. The highest BCUT2D eigenvalue weighted by atomic mass is 35.5. The number of aliphatic carboxylic acids is 1. The normalized spacial score (nSPS) is 10.5. The first-order valence-electron chi connectivity index (χ1n) is 9.55. The first kappa shape index (κ1) is 21.5. The van der Waals surface area contributed by atoms with Gasteiger partial charge in [0.15, 0.2) is 0 Å². The highest BCUT2D eigenvalue weighted by Gasteiger charge is 2.09. The van der Waals surface area contributed by atoms with Crippen LogP contribution in [0.1, 0.15) is 12.0 Å². The van der Waals surface area contributed by atoms with Crippen LogP contribution in [0, 0.1) is 0 Å². The summed E-state index contributed by atoms with van der Waals surface area (Å²) in [6.45, 7) is 0.968. The molecular weight excluding hydrogens is 404 g/mol. The maximum Gasteiger partial charge on any atom is 0.307 e. The monoisotopic (exact) mass is 426 g/mol. The lowest BCUT2D eigenvalue weighted by atomic mass is 10.0. The molecule has 0 radical (unpaired) electrons. The van der Waals surface area contributed by atoms with Crippen LogP contribution in [0.4, 0.5) is 0 Å². The molecule has 0 aliphatic carbocycles. The molecule has 0 bridgehead atoms. The van der Waals surface area contributed by atoms with E-state index in [1.165, 1.54) is 0 Å². The molecule has 0 heterocycles. The van der Waals surface area contributed by atoms with Crippen LogP contribution < -0.4 is 14.2 Å². The van der Waals surface area contributed by atoms with Gasteiger partial charge in [0.2, 0.25) is 0 Å². The van der Waals surface area contributed by atoms with Gasteiger partial charge in [-0.2, -0.15) is 0 Å². The van der Waals surface area contributed by atoms with Crippen molar-refractivity contribution in [3.05, 3.63) is 77.3 Å². The first-order valence-corrected chi connectivity index (χ1v) is 9.93. The number of methoxy groups -OCH3 is 1. The quantitative estimate of drug-likeness (QED) is 0.434. The summed E-state index contributed by atoms with van der Waals surface area (Å²) in [5, 5.41) is 9.44.